The third-order valence-electron chi connectivity index (χ3n) is 4.76. The lowest BCUT2D eigenvalue weighted by Crippen LogP contribution is -2.86. The van der Waals surface area contributed by atoms with Crippen LogP contribution in [-0.4, -0.2) is 12.5 Å². The van der Waals surface area contributed by atoms with Gasteiger partial charge in [0.1, 0.15) is 6.04 Å². The van der Waals surface area contributed by atoms with E-state index in [0.29, 0.717) is 17.4 Å². The molecular weight excluding hydrogens is 346 g/mol. The maximum Gasteiger partial charge on any atom is 0.279 e. The Morgan fingerprint density at radius 1 is 0.963 bits per heavy atom. The molecule has 0 heterocycles. The van der Waals surface area contributed by atoms with Crippen molar-refractivity contribution in [1.82, 2.24) is 0 Å². The number of rotatable bonds is 7. The van der Waals surface area contributed by atoms with Gasteiger partial charge in [-0.3, -0.25) is 4.79 Å². The van der Waals surface area contributed by atoms with E-state index < -0.39 is 11.6 Å². The summed E-state index contributed by atoms with van der Waals surface area (Å²) in [5.41, 5.74) is 3.76. The Hall–Kier alpha value is -2.27. The van der Waals surface area contributed by atoms with Crippen molar-refractivity contribution in [2.75, 3.05) is 11.9 Å². The summed E-state index contributed by atoms with van der Waals surface area (Å²) in [6, 6.07) is 9.79. The zero-order valence-corrected chi connectivity index (χ0v) is 16.6. The van der Waals surface area contributed by atoms with E-state index in [1.54, 1.807) is 6.07 Å². The van der Waals surface area contributed by atoms with Gasteiger partial charge in [0.25, 0.3) is 5.91 Å². The van der Waals surface area contributed by atoms with Gasteiger partial charge in [-0.1, -0.05) is 45.9 Å². The Morgan fingerprint density at radius 2 is 1.56 bits per heavy atom. The molecular formula is C22H29F2N2O+. The first kappa shape index (κ1) is 21.0. The maximum absolute atomic E-state index is 13.4. The molecule has 3 N–H and O–H groups in total. The minimum absolute atomic E-state index is 0.112. The van der Waals surface area contributed by atoms with Gasteiger partial charge in [-0.05, 0) is 48.1 Å². The van der Waals surface area contributed by atoms with Gasteiger partial charge in [0.15, 0.2) is 18.2 Å². The predicted molar refractivity (Wildman–Crippen MR) is 105 cm³/mol. The van der Waals surface area contributed by atoms with Crippen molar-refractivity contribution < 1.29 is 18.9 Å². The number of amides is 1. The Balaban J connectivity index is 2.08. The number of quaternary nitrogens is 1. The molecule has 0 aliphatic rings. The topological polar surface area (TPSA) is 45.7 Å². The summed E-state index contributed by atoms with van der Waals surface area (Å²) in [5.74, 6) is -1.26. The van der Waals surface area contributed by atoms with E-state index in [1.807, 2.05) is 30.4 Å². The lowest BCUT2D eigenvalue weighted by Gasteiger charge is -2.20. The summed E-state index contributed by atoms with van der Waals surface area (Å²) in [5, 5.41) is 4.88. The van der Waals surface area contributed by atoms with Gasteiger partial charge in [0.05, 0.1) is 0 Å². The molecule has 2 aromatic carbocycles. The van der Waals surface area contributed by atoms with Crippen LogP contribution in [0, 0.1) is 11.6 Å². The number of carbonyl (C=O) groups is 1. The summed E-state index contributed by atoms with van der Waals surface area (Å²) in [6.07, 6.45) is 0. The predicted octanol–water partition coefficient (Wildman–Crippen LogP) is 4.47. The third-order valence-corrected chi connectivity index (χ3v) is 4.76. The van der Waals surface area contributed by atoms with Crippen LogP contribution in [0.4, 0.5) is 14.5 Å². The van der Waals surface area contributed by atoms with E-state index in [9.17, 15) is 13.6 Å². The number of benzene rings is 2. The number of carbonyl (C=O) groups excluding carboxylic acids is 1. The highest BCUT2D eigenvalue weighted by molar-refractivity contribution is 5.93. The van der Waals surface area contributed by atoms with E-state index in [0.717, 1.165) is 22.9 Å². The fourth-order valence-corrected chi connectivity index (χ4v) is 3.10. The number of nitrogens with two attached hydrogens (primary N) is 1. The van der Waals surface area contributed by atoms with Crippen molar-refractivity contribution in [3.63, 3.8) is 0 Å². The highest BCUT2D eigenvalue weighted by Gasteiger charge is 2.18. The highest BCUT2D eigenvalue weighted by atomic mass is 19.2. The van der Waals surface area contributed by atoms with Crippen LogP contribution in [0.3, 0.4) is 0 Å². The molecule has 27 heavy (non-hydrogen) atoms. The molecule has 146 valence electrons. The molecule has 0 aliphatic carbocycles. The average Bonchev–Trinajstić information content (AvgIpc) is 2.61. The largest absolute Gasteiger partial charge is 0.333 e. The highest BCUT2D eigenvalue weighted by Crippen LogP contribution is 2.32. The van der Waals surface area contributed by atoms with E-state index in [1.165, 1.54) is 6.07 Å². The fraction of sp³-hybridized carbons (Fsp3) is 0.409. The first-order valence-electron chi connectivity index (χ1n) is 9.41. The monoisotopic (exact) mass is 375 g/mol. The Bertz CT molecular complexity index is 777. The van der Waals surface area contributed by atoms with Crippen LogP contribution in [0.1, 0.15) is 69.2 Å². The second kappa shape index (κ2) is 9.09. The third kappa shape index (κ3) is 5.36. The van der Waals surface area contributed by atoms with Gasteiger partial charge < -0.3 is 10.6 Å². The van der Waals surface area contributed by atoms with E-state index in [2.05, 4.69) is 33.0 Å². The molecule has 0 aromatic heterocycles. The molecule has 0 radical (unpaired) electrons. The standard InChI is InChI=1S/C22H28F2N2O/c1-13(2)17-7-6-8-18(14(3)4)22(17)26-21(27)12-25-15(5)16-9-10-19(23)20(24)11-16/h6-11,13-15,25H,12H2,1-5H3,(H,26,27)/p+1/t15-/m1/s1. The van der Waals surface area contributed by atoms with Crippen molar-refractivity contribution in [1.29, 1.82) is 0 Å². The van der Waals surface area contributed by atoms with Crippen LogP contribution in [0.5, 0.6) is 0 Å². The molecule has 0 spiro atoms. The van der Waals surface area contributed by atoms with E-state index >= 15 is 0 Å². The van der Waals surface area contributed by atoms with Crippen LogP contribution in [0.25, 0.3) is 0 Å². The molecule has 2 rings (SSSR count). The number of para-hydroxylation sites is 1. The summed E-state index contributed by atoms with van der Waals surface area (Å²) < 4.78 is 26.5. The first-order valence-corrected chi connectivity index (χ1v) is 9.41. The number of halogens is 2. The van der Waals surface area contributed by atoms with Gasteiger partial charge in [-0.2, -0.15) is 0 Å². The minimum atomic E-state index is -0.871. The smallest absolute Gasteiger partial charge is 0.279 e. The SMILES string of the molecule is CC(C)c1cccc(C(C)C)c1NC(=O)C[NH2+][C@H](C)c1ccc(F)c(F)c1. The van der Waals surface area contributed by atoms with Crippen LogP contribution >= 0.6 is 0 Å². The molecule has 0 saturated carbocycles. The van der Waals surface area contributed by atoms with Crippen LogP contribution in [0.15, 0.2) is 36.4 Å². The average molecular weight is 375 g/mol. The maximum atomic E-state index is 13.4. The van der Waals surface area contributed by atoms with E-state index in [4.69, 9.17) is 0 Å². The van der Waals surface area contributed by atoms with Gasteiger partial charge in [0, 0.05) is 11.3 Å². The molecule has 0 bridgehead atoms. The molecule has 1 amide bonds. The Labute approximate surface area is 160 Å². The van der Waals surface area contributed by atoms with Gasteiger partial charge in [-0.25, -0.2) is 8.78 Å². The molecule has 0 unspecified atom stereocenters. The van der Waals surface area contributed by atoms with Crippen LogP contribution in [0.2, 0.25) is 0 Å². The second-order valence-corrected chi connectivity index (χ2v) is 7.57. The Kier molecular flexibility index (Phi) is 7.08. The van der Waals surface area contributed by atoms with Crippen LogP contribution < -0.4 is 10.6 Å². The molecule has 0 aliphatic heterocycles. The zero-order valence-electron chi connectivity index (χ0n) is 16.6. The summed E-state index contributed by atoms with van der Waals surface area (Å²) >= 11 is 0. The fourth-order valence-electron chi connectivity index (χ4n) is 3.10. The molecule has 5 heteroatoms. The lowest BCUT2D eigenvalue weighted by molar-refractivity contribution is -0.682. The summed E-state index contributed by atoms with van der Waals surface area (Å²) in [4.78, 5) is 12.5. The summed E-state index contributed by atoms with van der Waals surface area (Å²) in [7, 11) is 0. The lowest BCUT2D eigenvalue weighted by atomic mass is 9.92. The van der Waals surface area contributed by atoms with Gasteiger partial charge >= 0.3 is 0 Å². The Morgan fingerprint density at radius 3 is 2.07 bits per heavy atom. The van der Waals surface area contributed by atoms with Crippen LogP contribution in [-0.2, 0) is 4.79 Å². The molecule has 0 saturated heterocycles. The second-order valence-electron chi connectivity index (χ2n) is 7.57. The van der Waals surface area contributed by atoms with Gasteiger partial charge in [0.2, 0.25) is 0 Å². The molecule has 0 fully saturated rings. The van der Waals surface area contributed by atoms with Crippen molar-refractivity contribution in [3.8, 4) is 0 Å². The molecule has 3 nitrogen and oxygen atoms in total. The van der Waals surface area contributed by atoms with E-state index in [-0.39, 0.29) is 18.5 Å². The quantitative estimate of drug-likeness (QED) is 0.737. The minimum Gasteiger partial charge on any atom is -0.333 e. The van der Waals surface area contributed by atoms with Crippen molar-refractivity contribution in [2.45, 2.75) is 52.5 Å². The van der Waals surface area contributed by atoms with Crippen molar-refractivity contribution in [2.24, 2.45) is 0 Å². The normalized spacial score (nSPS) is 12.5. The molecule has 1 atom stereocenters. The summed E-state index contributed by atoms with van der Waals surface area (Å²) in [6.45, 7) is 10.5. The molecule has 2 aromatic rings. The number of anilines is 1. The van der Waals surface area contributed by atoms with Crippen molar-refractivity contribution in [3.05, 3.63) is 64.7 Å². The number of hydrogen-bond acceptors (Lipinski definition) is 1. The van der Waals surface area contributed by atoms with Crippen molar-refractivity contribution >= 4 is 11.6 Å². The number of nitrogens with one attached hydrogen (secondary N) is 1. The first-order chi connectivity index (χ1) is 12.7. The zero-order chi connectivity index (χ0) is 20.1. The number of hydrogen-bond donors (Lipinski definition) is 2. The van der Waals surface area contributed by atoms with Gasteiger partial charge in [-0.15, -0.1) is 0 Å².